The van der Waals surface area contributed by atoms with Crippen LogP contribution < -0.4 is 15.4 Å². The first-order valence-electron chi connectivity index (χ1n) is 8.63. The second-order valence-electron chi connectivity index (χ2n) is 5.83. The van der Waals surface area contributed by atoms with Gasteiger partial charge in [-0.2, -0.15) is 11.3 Å². The maximum absolute atomic E-state index is 12.7. The molecule has 2 N–H and O–H groups in total. The third kappa shape index (κ3) is 5.18. The van der Waals surface area contributed by atoms with E-state index in [-0.39, 0.29) is 11.8 Å². The topological polar surface area (TPSA) is 76.7 Å². The van der Waals surface area contributed by atoms with Gasteiger partial charge in [-0.3, -0.25) is 9.59 Å². The molecule has 0 unspecified atom stereocenters. The van der Waals surface area contributed by atoms with Gasteiger partial charge in [0.25, 0.3) is 11.8 Å². The van der Waals surface area contributed by atoms with E-state index in [1.165, 1.54) is 11.3 Å². The number of carbonyl (C=O) groups is 2. The third-order valence-corrected chi connectivity index (χ3v) is 4.55. The van der Waals surface area contributed by atoms with E-state index < -0.39 is 0 Å². The summed E-state index contributed by atoms with van der Waals surface area (Å²) >= 11 is 1.44. The number of anilines is 2. The van der Waals surface area contributed by atoms with Crippen molar-refractivity contribution in [2.75, 3.05) is 31.0 Å². The predicted octanol–water partition coefficient (Wildman–Crippen LogP) is 4.28. The van der Waals surface area contributed by atoms with Crippen molar-refractivity contribution in [2.45, 2.75) is 0 Å². The molecule has 3 aromatic rings. The smallest absolute Gasteiger partial charge is 0.257 e. The maximum Gasteiger partial charge on any atom is 0.257 e. The Morgan fingerprint density at radius 1 is 0.929 bits per heavy atom. The number of thiophene rings is 1. The van der Waals surface area contributed by atoms with E-state index in [0.717, 1.165) is 0 Å². The van der Waals surface area contributed by atoms with Crippen molar-refractivity contribution < 1.29 is 19.1 Å². The van der Waals surface area contributed by atoms with Crippen LogP contribution in [0.4, 0.5) is 11.4 Å². The summed E-state index contributed by atoms with van der Waals surface area (Å²) in [6, 6.07) is 15.7. The van der Waals surface area contributed by atoms with Gasteiger partial charge in [-0.1, -0.05) is 12.1 Å². The number of amides is 2. The zero-order valence-corrected chi connectivity index (χ0v) is 16.1. The van der Waals surface area contributed by atoms with Crippen molar-refractivity contribution in [3.05, 3.63) is 76.5 Å². The zero-order valence-electron chi connectivity index (χ0n) is 15.3. The van der Waals surface area contributed by atoms with E-state index in [0.29, 0.717) is 41.5 Å². The third-order valence-electron chi connectivity index (χ3n) is 3.87. The van der Waals surface area contributed by atoms with Gasteiger partial charge in [-0.05, 0) is 47.8 Å². The Hall–Kier alpha value is -3.16. The largest absolute Gasteiger partial charge is 0.491 e. The lowest BCUT2D eigenvalue weighted by atomic mass is 10.1. The van der Waals surface area contributed by atoms with Gasteiger partial charge in [0, 0.05) is 18.2 Å². The molecule has 6 nitrogen and oxygen atoms in total. The number of hydrogen-bond donors (Lipinski definition) is 2. The average Bonchev–Trinajstić information content (AvgIpc) is 3.25. The number of carbonyl (C=O) groups excluding carboxylic acids is 2. The first kappa shape index (κ1) is 19.6. The second-order valence-corrected chi connectivity index (χ2v) is 6.61. The highest BCUT2D eigenvalue weighted by Crippen LogP contribution is 2.20. The summed E-state index contributed by atoms with van der Waals surface area (Å²) < 4.78 is 10.4. The molecule has 0 fully saturated rings. The van der Waals surface area contributed by atoms with Crippen molar-refractivity contribution in [1.82, 2.24) is 0 Å². The Morgan fingerprint density at radius 2 is 1.71 bits per heavy atom. The number of para-hydroxylation sites is 1. The van der Waals surface area contributed by atoms with Gasteiger partial charge >= 0.3 is 0 Å². The molecule has 0 aliphatic rings. The summed E-state index contributed by atoms with van der Waals surface area (Å²) in [6.07, 6.45) is 0. The van der Waals surface area contributed by atoms with Gasteiger partial charge in [0.15, 0.2) is 0 Å². The molecule has 144 valence electrons. The van der Waals surface area contributed by atoms with E-state index in [9.17, 15) is 9.59 Å². The summed E-state index contributed by atoms with van der Waals surface area (Å²) in [6.45, 7) is 0.964. The SMILES string of the molecule is COCCOc1ccc(NC(=O)c2ccccc2NC(=O)c2ccsc2)cc1. The summed E-state index contributed by atoms with van der Waals surface area (Å²) in [4.78, 5) is 25.0. The number of hydrogen-bond acceptors (Lipinski definition) is 5. The minimum Gasteiger partial charge on any atom is -0.491 e. The molecule has 7 heteroatoms. The molecule has 0 saturated carbocycles. The monoisotopic (exact) mass is 396 g/mol. The summed E-state index contributed by atoms with van der Waals surface area (Å²) in [5.41, 5.74) is 2.02. The number of nitrogens with one attached hydrogen (secondary N) is 2. The van der Waals surface area contributed by atoms with Crippen LogP contribution in [0.1, 0.15) is 20.7 Å². The van der Waals surface area contributed by atoms with Crippen LogP contribution in [-0.4, -0.2) is 32.1 Å². The summed E-state index contributed by atoms with van der Waals surface area (Å²) in [5, 5.41) is 9.21. The molecule has 0 aliphatic heterocycles. The van der Waals surface area contributed by atoms with E-state index in [2.05, 4.69) is 10.6 Å². The van der Waals surface area contributed by atoms with Gasteiger partial charge in [0.05, 0.1) is 23.4 Å². The molecule has 0 atom stereocenters. The molecule has 1 aromatic heterocycles. The highest BCUT2D eigenvalue weighted by Gasteiger charge is 2.14. The average molecular weight is 396 g/mol. The van der Waals surface area contributed by atoms with Gasteiger partial charge in [0.2, 0.25) is 0 Å². The second kappa shape index (κ2) is 9.68. The van der Waals surface area contributed by atoms with Crippen molar-refractivity contribution in [3.63, 3.8) is 0 Å². The number of benzene rings is 2. The predicted molar refractivity (Wildman–Crippen MR) is 110 cm³/mol. The van der Waals surface area contributed by atoms with Gasteiger partial charge in [-0.25, -0.2) is 0 Å². The van der Waals surface area contributed by atoms with Crippen molar-refractivity contribution in [1.29, 1.82) is 0 Å². The van der Waals surface area contributed by atoms with E-state index >= 15 is 0 Å². The highest BCUT2D eigenvalue weighted by atomic mass is 32.1. The van der Waals surface area contributed by atoms with Crippen molar-refractivity contribution in [3.8, 4) is 5.75 Å². The number of methoxy groups -OCH3 is 1. The fourth-order valence-corrected chi connectivity index (χ4v) is 3.09. The molecule has 0 spiro atoms. The van der Waals surface area contributed by atoms with E-state index in [4.69, 9.17) is 9.47 Å². The maximum atomic E-state index is 12.7. The standard InChI is InChI=1S/C21H20N2O4S/c1-26-11-12-27-17-8-6-16(7-9-17)22-21(25)18-4-2-3-5-19(18)23-20(24)15-10-13-28-14-15/h2-10,13-14H,11-12H2,1H3,(H,22,25)(H,23,24). The molecule has 3 rings (SSSR count). The van der Waals surface area contributed by atoms with Crippen LogP contribution in [0.3, 0.4) is 0 Å². The van der Waals surface area contributed by atoms with Gasteiger partial charge < -0.3 is 20.1 Å². The number of ether oxygens (including phenoxy) is 2. The quantitative estimate of drug-likeness (QED) is 0.557. The molecule has 1 heterocycles. The van der Waals surface area contributed by atoms with Crippen LogP contribution in [0, 0.1) is 0 Å². The molecule has 0 bridgehead atoms. The Bertz CT molecular complexity index is 924. The molecular formula is C21H20N2O4S. The summed E-state index contributed by atoms with van der Waals surface area (Å²) in [7, 11) is 1.61. The summed E-state index contributed by atoms with van der Waals surface area (Å²) in [5.74, 6) is 0.131. The molecule has 2 aromatic carbocycles. The van der Waals surface area contributed by atoms with Crippen LogP contribution in [0.15, 0.2) is 65.4 Å². The van der Waals surface area contributed by atoms with E-state index in [1.807, 2.05) is 5.38 Å². The molecule has 0 radical (unpaired) electrons. The van der Waals surface area contributed by atoms with Gasteiger partial charge in [-0.15, -0.1) is 0 Å². The van der Waals surface area contributed by atoms with E-state index in [1.54, 1.807) is 67.1 Å². The Kier molecular flexibility index (Phi) is 6.78. The Labute approximate surface area is 167 Å². The lowest BCUT2D eigenvalue weighted by molar-refractivity contribution is 0.102. The molecule has 0 aliphatic carbocycles. The first-order valence-corrected chi connectivity index (χ1v) is 9.57. The normalized spacial score (nSPS) is 10.3. The minimum absolute atomic E-state index is 0.251. The first-order chi connectivity index (χ1) is 13.7. The lowest BCUT2D eigenvalue weighted by Gasteiger charge is -2.12. The fourth-order valence-electron chi connectivity index (χ4n) is 2.45. The fraction of sp³-hybridized carbons (Fsp3) is 0.143. The van der Waals surface area contributed by atoms with Crippen LogP contribution in [0.2, 0.25) is 0 Å². The van der Waals surface area contributed by atoms with Gasteiger partial charge in [0.1, 0.15) is 12.4 Å². The molecular weight excluding hydrogens is 376 g/mol. The van der Waals surface area contributed by atoms with Crippen LogP contribution in [0.5, 0.6) is 5.75 Å². The molecule has 28 heavy (non-hydrogen) atoms. The Morgan fingerprint density at radius 3 is 2.43 bits per heavy atom. The van der Waals surface area contributed by atoms with Crippen LogP contribution in [0.25, 0.3) is 0 Å². The lowest BCUT2D eigenvalue weighted by Crippen LogP contribution is -2.18. The minimum atomic E-state index is -0.311. The van der Waals surface area contributed by atoms with Crippen molar-refractivity contribution in [2.24, 2.45) is 0 Å². The zero-order chi connectivity index (χ0) is 19.8. The Balaban J connectivity index is 1.66. The molecule has 0 saturated heterocycles. The molecule has 2 amide bonds. The highest BCUT2D eigenvalue weighted by molar-refractivity contribution is 7.08. The van der Waals surface area contributed by atoms with Crippen LogP contribution in [-0.2, 0) is 4.74 Å². The van der Waals surface area contributed by atoms with Crippen molar-refractivity contribution >= 4 is 34.5 Å². The number of rotatable bonds is 8. The van der Waals surface area contributed by atoms with Crippen LogP contribution >= 0.6 is 11.3 Å².